The van der Waals surface area contributed by atoms with Crippen molar-refractivity contribution in [3.05, 3.63) is 35.9 Å². The highest BCUT2D eigenvalue weighted by Gasteiger charge is 2.15. The van der Waals surface area contributed by atoms with Crippen LogP contribution in [0, 0.1) is 5.92 Å². The molecule has 1 rings (SSSR count). The molecule has 0 heterocycles. The van der Waals surface area contributed by atoms with Crippen molar-refractivity contribution in [1.82, 2.24) is 10.2 Å². The summed E-state index contributed by atoms with van der Waals surface area (Å²) >= 11 is 0. The van der Waals surface area contributed by atoms with Gasteiger partial charge in [0.25, 0.3) is 0 Å². The molecule has 5 heteroatoms. The summed E-state index contributed by atoms with van der Waals surface area (Å²) in [6.45, 7) is 6.42. The number of carbonyl (C=O) groups is 2. The Morgan fingerprint density at radius 2 is 1.86 bits per heavy atom. The van der Waals surface area contributed by atoms with Crippen LogP contribution >= 0.6 is 0 Å². The van der Waals surface area contributed by atoms with Gasteiger partial charge in [0.1, 0.15) is 0 Å². The van der Waals surface area contributed by atoms with Crippen LogP contribution in [0.4, 0.5) is 0 Å². The van der Waals surface area contributed by atoms with Crippen LogP contribution in [0.5, 0.6) is 0 Å². The van der Waals surface area contributed by atoms with Gasteiger partial charge in [0.05, 0.1) is 6.42 Å². The smallest absolute Gasteiger partial charge is 0.305 e. The molecule has 0 unspecified atom stereocenters. The lowest BCUT2D eigenvalue weighted by atomic mass is 10.2. The first kappa shape index (κ1) is 18.2. The topological polar surface area (TPSA) is 69.6 Å². The average molecular weight is 306 g/mol. The number of carbonyl (C=O) groups excluding carboxylic acids is 1. The summed E-state index contributed by atoms with van der Waals surface area (Å²) in [5.41, 5.74) is 1.01. The molecule has 0 radical (unpaired) electrons. The Kier molecular flexibility index (Phi) is 8.22. The standard InChI is InChI=1S/C17H26N2O3/c1-14(2)12-18-10-8-16(20)19(11-9-17(21)22)13-15-6-4-3-5-7-15/h3-7,14,18H,8-13H2,1-2H3,(H,21,22). The molecular weight excluding hydrogens is 280 g/mol. The Labute approximate surface area is 132 Å². The molecule has 0 aromatic heterocycles. The van der Waals surface area contributed by atoms with Crippen molar-refractivity contribution < 1.29 is 14.7 Å². The first-order valence-electron chi connectivity index (χ1n) is 7.73. The maximum atomic E-state index is 12.3. The summed E-state index contributed by atoms with van der Waals surface area (Å²) < 4.78 is 0. The molecule has 0 atom stereocenters. The van der Waals surface area contributed by atoms with Gasteiger partial charge in [-0.1, -0.05) is 44.2 Å². The minimum absolute atomic E-state index is 0.0126. The molecule has 0 saturated heterocycles. The van der Waals surface area contributed by atoms with Crippen LogP contribution in [-0.2, 0) is 16.1 Å². The summed E-state index contributed by atoms with van der Waals surface area (Å²) in [7, 11) is 0. The van der Waals surface area contributed by atoms with E-state index in [1.54, 1.807) is 4.90 Å². The molecule has 122 valence electrons. The molecule has 0 fully saturated rings. The summed E-state index contributed by atoms with van der Waals surface area (Å²) in [6.07, 6.45) is 0.358. The largest absolute Gasteiger partial charge is 0.481 e. The van der Waals surface area contributed by atoms with Gasteiger partial charge in [-0.2, -0.15) is 0 Å². The molecule has 0 spiro atoms. The summed E-state index contributed by atoms with van der Waals surface area (Å²) in [5.74, 6) is -0.354. The van der Waals surface area contributed by atoms with Crippen LogP contribution < -0.4 is 5.32 Å². The summed E-state index contributed by atoms with van der Waals surface area (Å²) in [4.78, 5) is 24.7. The van der Waals surface area contributed by atoms with Gasteiger partial charge >= 0.3 is 5.97 Å². The van der Waals surface area contributed by atoms with Crippen molar-refractivity contribution in [3.63, 3.8) is 0 Å². The fourth-order valence-electron chi connectivity index (χ4n) is 2.07. The number of amides is 1. The number of aliphatic carboxylic acids is 1. The van der Waals surface area contributed by atoms with E-state index in [4.69, 9.17) is 5.11 Å². The summed E-state index contributed by atoms with van der Waals surface area (Å²) in [5, 5.41) is 12.1. The second kappa shape index (κ2) is 9.95. The number of hydrogen-bond acceptors (Lipinski definition) is 3. The van der Waals surface area contributed by atoms with E-state index in [0.717, 1.165) is 12.1 Å². The molecular formula is C17H26N2O3. The van der Waals surface area contributed by atoms with Crippen LogP contribution in [0.2, 0.25) is 0 Å². The van der Waals surface area contributed by atoms with Crippen molar-refractivity contribution in [3.8, 4) is 0 Å². The third-order valence-electron chi connectivity index (χ3n) is 3.23. The van der Waals surface area contributed by atoms with Crippen LogP contribution in [0.25, 0.3) is 0 Å². The van der Waals surface area contributed by atoms with Gasteiger partial charge in [-0.3, -0.25) is 9.59 Å². The van der Waals surface area contributed by atoms with E-state index in [0.29, 0.717) is 25.4 Å². The third kappa shape index (κ3) is 7.78. The fourth-order valence-corrected chi connectivity index (χ4v) is 2.07. The number of nitrogens with one attached hydrogen (secondary N) is 1. The van der Waals surface area contributed by atoms with Crippen LogP contribution in [0.1, 0.15) is 32.3 Å². The Balaban J connectivity index is 2.52. The summed E-state index contributed by atoms with van der Waals surface area (Å²) in [6, 6.07) is 9.64. The van der Waals surface area contributed by atoms with Crippen LogP contribution in [-0.4, -0.2) is 41.5 Å². The lowest BCUT2D eigenvalue weighted by Crippen LogP contribution is -2.35. The van der Waals surface area contributed by atoms with Gasteiger partial charge in [0.15, 0.2) is 0 Å². The maximum Gasteiger partial charge on any atom is 0.305 e. The van der Waals surface area contributed by atoms with Crippen molar-refractivity contribution in [1.29, 1.82) is 0 Å². The molecule has 0 bridgehead atoms. The minimum Gasteiger partial charge on any atom is -0.481 e. The first-order valence-corrected chi connectivity index (χ1v) is 7.73. The minimum atomic E-state index is -0.885. The third-order valence-corrected chi connectivity index (χ3v) is 3.23. The van der Waals surface area contributed by atoms with E-state index < -0.39 is 5.97 Å². The molecule has 0 aliphatic heterocycles. The van der Waals surface area contributed by atoms with E-state index in [1.807, 2.05) is 30.3 Å². The number of hydrogen-bond donors (Lipinski definition) is 2. The van der Waals surface area contributed by atoms with Crippen molar-refractivity contribution in [2.24, 2.45) is 5.92 Å². The molecule has 1 amide bonds. The van der Waals surface area contributed by atoms with Gasteiger partial charge in [0, 0.05) is 26.1 Å². The van der Waals surface area contributed by atoms with Gasteiger partial charge in [-0.25, -0.2) is 0 Å². The lowest BCUT2D eigenvalue weighted by Gasteiger charge is -2.22. The Morgan fingerprint density at radius 3 is 2.45 bits per heavy atom. The van der Waals surface area contributed by atoms with Crippen LogP contribution in [0.3, 0.4) is 0 Å². The molecule has 1 aromatic rings. The number of rotatable bonds is 10. The maximum absolute atomic E-state index is 12.3. The number of carboxylic acids is 1. The monoisotopic (exact) mass is 306 g/mol. The van der Waals surface area contributed by atoms with Crippen molar-refractivity contribution in [2.45, 2.75) is 33.2 Å². The fraction of sp³-hybridized carbons (Fsp3) is 0.529. The van der Waals surface area contributed by atoms with E-state index >= 15 is 0 Å². The normalized spacial score (nSPS) is 10.7. The Morgan fingerprint density at radius 1 is 1.18 bits per heavy atom. The second-order valence-corrected chi connectivity index (χ2v) is 5.79. The van der Waals surface area contributed by atoms with Gasteiger partial charge in [0.2, 0.25) is 5.91 Å². The van der Waals surface area contributed by atoms with E-state index in [9.17, 15) is 9.59 Å². The van der Waals surface area contributed by atoms with Crippen LogP contribution in [0.15, 0.2) is 30.3 Å². The van der Waals surface area contributed by atoms with Crippen molar-refractivity contribution in [2.75, 3.05) is 19.6 Å². The molecule has 2 N–H and O–H groups in total. The van der Waals surface area contributed by atoms with E-state index in [-0.39, 0.29) is 18.9 Å². The van der Waals surface area contributed by atoms with E-state index in [2.05, 4.69) is 19.2 Å². The molecule has 0 aliphatic carbocycles. The quantitative estimate of drug-likeness (QED) is 0.650. The zero-order chi connectivity index (χ0) is 16.4. The Hall–Kier alpha value is -1.88. The Bertz CT molecular complexity index is 460. The zero-order valence-electron chi connectivity index (χ0n) is 13.4. The van der Waals surface area contributed by atoms with E-state index in [1.165, 1.54) is 0 Å². The van der Waals surface area contributed by atoms with Crippen molar-refractivity contribution >= 4 is 11.9 Å². The van der Waals surface area contributed by atoms with Gasteiger partial charge in [-0.05, 0) is 18.0 Å². The average Bonchev–Trinajstić information content (AvgIpc) is 2.48. The first-order chi connectivity index (χ1) is 10.5. The predicted octanol–water partition coefficient (Wildman–Crippen LogP) is 2.13. The SMILES string of the molecule is CC(C)CNCCC(=O)N(CCC(=O)O)Cc1ccccc1. The number of nitrogens with zero attached hydrogens (tertiary/aromatic N) is 1. The highest BCUT2D eigenvalue weighted by Crippen LogP contribution is 2.07. The number of benzene rings is 1. The predicted molar refractivity (Wildman–Crippen MR) is 86.4 cm³/mol. The molecule has 0 saturated carbocycles. The molecule has 1 aromatic carbocycles. The zero-order valence-corrected chi connectivity index (χ0v) is 13.4. The van der Waals surface area contributed by atoms with Gasteiger partial charge < -0.3 is 15.3 Å². The highest BCUT2D eigenvalue weighted by molar-refractivity contribution is 5.77. The number of carboxylic acid groups (broad SMARTS) is 1. The second-order valence-electron chi connectivity index (χ2n) is 5.79. The van der Waals surface area contributed by atoms with Gasteiger partial charge in [-0.15, -0.1) is 0 Å². The molecule has 0 aliphatic rings. The lowest BCUT2D eigenvalue weighted by molar-refractivity contribution is -0.138. The highest BCUT2D eigenvalue weighted by atomic mass is 16.4. The molecule has 5 nitrogen and oxygen atoms in total. The molecule has 22 heavy (non-hydrogen) atoms.